The minimum absolute atomic E-state index is 0.114. The van der Waals surface area contributed by atoms with Gasteiger partial charge in [-0.05, 0) is 12.8 Å². The largest absolute Gasteiger partial charge is 0.354 e. The van der Waals surface area contributed by atoms with Gasteiger partial charge in [0.05, 0.1) is 13.2 Å². The van der Waals surface area contributed by atoms with E-state index in [2.05, 4.69) is 0 Å². The second-order valence-corrected chi connectivity index (χ2v) is 3.20. The van der Waals surface area contributed by atoms with Gasteiger partial charge in [-0.15, -0.1) is 0 Å². The van der Waals surface area contributed by atoms with Gasteiger partial charge in [0.1, 0.15) is 6.79 Å². The fourth-order valence-corrected chi connectivity index (χ4v) is 0.694. The molecular formula is C9H22N2O2. The number of nitrogens with two attached hydrogens (primary N) is 2. The van der Waals surface area contributed by atoms with E-state index < -0.39 is 0 Å². The standard InChI is InChI=1S/C9H22N2O2/c1-3-8(10)5-12-7-13-6-9(11)4-2/h8-9H,3-7,10-11H2,1-2H3. The van der Waals surface area contributed by atoms with Gasteiger partial charge in [-0.3, -0.25) is 0 Å². The Labute approximate surface area is 80.6 Å². The lowest BCUT2D eigenvalue weighted by Crippen LogP contribution is -2.28. The van der Waals surface area contributed by atoms with Crippen molar-refractivity contribution in [3.05, 3.63) is 0 Å². The van der Waals surface area contributed by atoms with E-state index >= 15 is 0 Å². The molecule has 0 spiro atoms. The van der Waals surface area contributed by atoms with E-state index in [1.54, 1.807) is 0 Å². The van der Waals surface area contributed by atoms with Gasteiger partial charge < -0.3 is 20.9 Å². The van der Waals surface area contributed by atoms with E-state index in [0.29, 0.717) is 20.0 Å². The molecule has 0 aliphatic heterocycles. The van der Waals surface area contributed by atoms with E-state index in [1.807, 2.05) is 13.8 Å². The first-order chi connectivity index (χ1) is 6.20. The van der Waals surface area contributed by atoms with Crippen molar-refractivity contribution in [2.75, 3.05) is 20.0 Å². The lowest BCUT2D eigenvalue weighted by molar-refractivity contribution is -0.0614. The molecule has 0 amide bonds. The highest BCUT2D eigenvalue weighted by atomic mass is 16.7. The number of hydrogen-bond donors (Lipinski definition) is 2. The Bertz CT molecular complexity index is 99.8. The summed E-state index contributed by atoms with van der Waals surface area (Å²) in [7, 11) is 0. The first-order valence-corrected chi connectivity index (χ1v) is 4.87. The normalized spacial score (nSPS) is 15.7. The Kier molecular flexibility index (Phi) is 8.33. The smallest absolute Gasteiger partial charge is 0.146 e. The third kappa shape index (κ3) is 8.18. The van der Waals surface area contributed by atoms with Crippen LogP contribution in [0, 0.1) is 0 Å². The molecule has 13 heavy (non-hydrogen) atoms. The molecule has 0 aliphatic carbocycles. The SMILES string of the molecule is CCC(N)COCOCC(N)CC. The van der Waals surface area contributed by atoms with Crippen LogP contribution in [0.25, 0.3) is 0 Å². The van der Waals surface area contributed by atoms with Crippen molar-refractivity contribution in [1.29, 1.82) is 0 Å². The van der Waals surface area contributed by atoms with Crippen LogP contribution in [-0.2, 0) is 9.47 Å². The molecule has 0 radical (unpaired) electrons. The number of hydrogen-bond acceptors (Lipinski definition) is 4. The van der Waals surface area contributed by atoms with Crippen molar-refractivity contribution in [3.8, 4) is 0 Å². The second-order valence-electron chi connectivity index (χ2n) is 3.20. The molecule has 0 fully saturated rings. The zero-order valence-electron chi connectivity index (χ0n) is 8.66. The van der Waals surface area contributed by atoms with E-state index in [4.69, 9.17) is 20.9 Å². The molecule has 4 heteroatoms. The second kappa shape index (κ2) is 8.44. The minimum Gasteiger partial charge on any atom is -0.354 e. The van der Waals surface area contributed by atoms with Gasteiger partial charge in [-0.1, -0.05) is 13.8 Å². The molecule has 0 bridgehead atoms. The third-order valence-electron chi connectivity index (χ3n) is 1.88. The average molecular weight is 190 g/mol. The lowest BCUT2D eigenvalue weighted by atomic mass is 10.3. The van der Waals surface area contributed by atoms with Crippen LogP contribution >= 0.6 is 0 Å². The first kappa shape index (κ1) is 12.8. The highest BCUT2D eigenvalue weighted by molar-refractivity contribution is 4.55. The molecule has 4 nitrogen and oxygen atoms in total. The van der Waals surface area contributed by atoms with Crippen molar-refractivity contribution < 1.29 is 9.47 Å². The first-order valence-electron chi connectivity index (χ1n) is 4.87. The van der Waals surface area contributed by atoms with Crippen LogP contribution in [-0.4, -0.2) is 32.1 Å². The molecule has 0 rings (SSSR count). The van der Waals surface area contributed by atoms with Crippen LogP contribution in [0.15, 0.2) is 0 Å². The topological polar surface area (TPSA) is 70.5 Å². The van der Waals surface area contributed by atoms with Crippen molar-refractivity contribution in [2.24, 2.45) is 11.5 Å². The summed E-state index contributed by atoms with van der Waals surface area (Å²) < 4.78 is 10.4. The third-order valence-corrected chi connectivity index (χ3v) is 1.88. The van der Waals surface area contributed by atoms with E-state index in [-0.39, 0.29) is 12.1 Å². The minimum atomic E-state index is 0.114. The van der Waals surface area contributed by atoms with E-state index in [1.165, 1.54) is 0 Å². The maximum atomic E-state index is 5.64. The van der Waals surface area contributed by atoms with Gasteiger partial charge >= 0.3 is 0 Å². The van der Waals surface area contributed by atoms with Crippen molar-refractivity contribution >= 4 is 0 Å². The summed E-state index contributed by atoms with van der Waals surface area (Å²) in [4.78, 5) is 0. The molecule has 0 aromatic heterocycles. The average Bonchev–Trinajstić information content (AvgIpc) is 2.16. The molecule has 2 unspecified atom stereocenters. The number of ether oxygens (including phenoxy) is 2. The molecule has 0 aliphatic rings. The Hall–Kier alpha value is -0.160. The van der Waals surface area contributed by atoms with Gasteiger partial charge in [0.25, 0.3) is 0 Å². The monoisotopic (exact) mass is 190 g/mol. The fourth-order valence-electron chi connectivity index (χ4n) is 0.694. The molecule has 80 valence electrons. The summed E-state index contributed by atoms with van der Waals surface area (Å²) in [5.74, 6) is 0. The molecule has 0 saturated heterocycles. The van der Waals surface area contributed by atoms with Crippen LogP contribution in [0.4, 0.5) is 0 Å². The lowest BCUT2D eigenvalue weighted by Gasteiger charge is -2.12. The Balaban J connectivity index is 3.08. The fraction of sp³-hybridized carbons (Fsp3) is 1.00. The summed E-state index contributed by atoms with van der Waals surface area (Å²) in [6.07, 6.45) is 1.85. The summed E-state index contributed by atoms with van der Waals surface area (Å²) in [5, 5.41) is 0. The van der Waals surface area contributed by atoms with Gasteiger partial charge in [-0.2, -0.15) is 0 Å². The van der Waals surface area contributed by atoms with Gasteiger partial charge in [0.2, 0.25) is 0 Å². The molecule has 0 aromatic rings. The van der Waals surface area contributed by atoms with Crippen molar-refractivity contribution in [1.82, 2.24) is 0 Å². The molecule has 0 heterocycles. The molecule has 0 saturated carbocycles. The maximum absolute atomic E-state index is 5.64. The van der Waals surface area contributed by atoms with Crippen LogP contribution in [0.2, 0.25) is 0 Å². The molecule has 2 atom stereocenters. The predicted molar refractivity (Wildman–Crippen MR) is 53.3 cm³/mol. The predicted octanol–water partition coefficient (Wildman–Crippen LogP) is 0.452. The highest BCUT2D eigenvalue weighted by Gasteiger charge is 2.00. The van der Waals surface area contributed by atoms with Crippen LogP contribution < -0.4 is 11.5 Å². The number of rotatable bonds is 8. The molecule has 0 aromatic carbocycles. The molecule has 4 N–H and O–H groups in total. The maximum Gasteiger partial charge on any atom is 0.146 e. The quantitative estimate of drug-likeness (QED) is 0.431. The Morgan fingerprint density at radius 2 is 1.31 bits per heavy atom. The summed E-state index contributed by atoms with van der Waals surface area (Å²) in [6.45, 7) is 5.46. The van der Waals surface area contributed by atoms with Gasteiger partial charge in [0.15, 0.2) is 0 Å². The van der Waals surface area contributed by atoms with Crippen LogP contribution in [0.5, 0.6) is 0 Å². The highest BCUT2D eigenvalue weighted by Crippen LogP contribution is 1.90. The summed E-state index contributed by atoms with van der Waals surface area (Å²) >= 11 is 0. The van der Waals surface area contributed by atoms with Gasteiger partial charge in [0, 0.05) is 12.1 Å². The Morgan fingerprint density at radius 3 is 1.62 bits per heavy atom. The van der Waals surface area contributed by atoms with E-state index in [9.17, 15) is 0 Å². The van der Waals surface area contributed by atoms with Gasteiger partial charge in [-0.25, -0.2) is 0 Å². The Morgan fingerprint density at radius 1 is 0.923 bits per heavy atom. The van der Waals surface area contributed by atoms with Crippen molar-refractivity contribution in [2.45, 2.75) is 38.8 Å². The van der Waals surface area contributed by atoms with E-state index in [0.717, 1.165) is 12.8 Å². The molecular weight excluding hydrogens is 168 g/mol. The van der Waals surface area contributed by atoms with Crippen LogP contribution in [0.1, 0.15) is 26.7 Å². The zero-order valence-corrected chi connectivity index (χ0v) is 8.66. The summed E-state index contributed by atoms with van der Waals surface area (Å²) in [5.41, 5.74) is 11.3. The van der Waals surface area contributed by atoms with Crippen LogP contribution in [0.3, 0.4) is 0 Å². The van der Waals surface area contributed by atoms with Crippen molar-refractivity contribution in [3.63, 3.8) is 0 Å². The zero-order chi connectivity index (χ0) is 10.1. The summed E-state index contributed by atoms with van der Waals surface area (Å²) in [6, 6.07) is 0.229.